The Hall–Kier alpha value is -3.88. The Morgan fingerprint density at radius 1 is 1.09 bits per heavy atom. The van der Waals surface area contributed by atoms with Crippen molar-refractivity contribution in [3.63, 3.8) is 0 Å². The molecule has 0 aliphatic carbocycles. The number of hydrogen-bond acceptors (Lipinski definition) is 6. The summed E-state index contributed by atoms with van der Waals surface area (Å²) in [5.74, 6) is 1.19. The van der Waals surface area contributed by atoms with Gasteiger partial charge in [0.2, 0.25) is 0 Å². The highest BCUT2D eigenvalue weighted by Gasteiger charge is 2.24. The minimum absolute atomic E-state index is 0.0176. The first kappa shape index (κ1) is 23.3. The third kappa shape index (κ3) is 5.03. The molecule has 9 nitrogen and oxygen atoms in total. The van der Waals surface area contributed by atoms with Crippen molar-refractivity contribution in [3.8, 4) is 0 Å². The summed E-state index contributed by atoms with van der Waals surface area (Å²) < 4.78 is 3.08. The molecule has 1 aliphatic heterocycles. The van der Waals surface area contributed by atoms with Gasteiger partial charge >= 0.3 is 0 Å². The van der Waals surface area contributed by atoms with Gasteiger partial charge in [0.15, 0.2) is 11.6 Å². The maximum atomic E-state index is 12.8. The lowest BCUT2D eigenvalue weighted by molar-refractivity contribution is 0.0933. The average molecular weight is 462 g/mol. The van der Waals surface area contributed by atoms with Crippen LogP contribution >= 0.6 is 0 Å². The van der Waals surface area contributed by atoms with E-state index in [-0.39, 0.29) is 17.5 Å². The Bertz CT molecular complexity index is 1250. The van der Waals surface area contributed by atoms with Crippen LogP contribution in [0.4, 0.5) is 17.3 Å². The number of carbonyl (C=O) groups is 1. The van der Waals surface area contributed by atoms with E-state index in [2.05, 4.69) is 32.3 Å². The fourth-order valence-electron chi connectivity index (χ4n) is 4.07. The predicted molar refractivity (Wildman–Crippen MR) is 135 cm³/mol. The fourth-order valence-corrected chi connectivity index (χ4v) is 4.07. The molecule has 2 aromatic heterocycles. The van der Waals surface area contributed by atoms with Crippen LogP contribution in [-0.2, 0) is 14.1 Å². The number of anilines is 3. The Kier molecular flexibility index (Phi) is 6.54. The van der Waals surface area contributed by atoms with E-state index in [0.29, 0.717) is 29.4 Å². The lowest BCUT2D eigenvalue weighted by atomic mass is 10.0. The second-order valence-electron chi connectivity index (χ2n) is 8.88. The predicted octanol–water partition coefficient (Wildman–Crippen LogP) is 3.00. The molecule has 3 heterocycles. The summed E-state index contributed by atoms with van der Waals surface area (Å²) in [5.41, 5.74) is 3.77. The van der Waals surface area contributed by atoms with E-state index in [4.69, 9.17) is 0 Å². The summed E-state index contributed by atoms with van der Waals surface area (Å²) in [7, 11) is 3.49. The van der Waals surface area contributed by atoms with Crippen molar-refractivity contribution in [1.82, 2.24) is 24.9 Å². The topological polar surface area (TPSA) is 97.1 Å². The van der Waals surface area contributed by atoms with Gasteiger partial charge in [0, 0.05) is 56.6 Å². The van der Waals surface area contributed by atoms with Gasteiger partial charge in [-0.2, -0.15) is 10.2 Å². The molecule has 1 unspecified atom stereocenters. The van der Waals surface area contributed by atoms with Gasteiger partial charge in [-0.15, -0.1) is 0 Å². The third-order valence-corrected chi connectivity index (χ3v) is 6.15. The summed E-state index contributed by atoms with van der Waals surface area (Å²) in [6.45, 7) is 9.24. The van der Waals surface area contributed by atoms with Gasteiger partial charge in [0.25, 0.3) is 11.5 Å². The van der Waals surface area contributed by atoms with Crippen LogP contribution < -0.4 is 21.1 Å². The van der Waals surface area contributed by atoms with Crippen molar-refractivity contribution in [1.29, 1.82) is 0 Å². The van der Waals surface area contributed by atoms with E-state index < -0.39 is 0 Å². The molecule has 4 rings (SSSR count). The lowest BCUT2D eigenvalue weighted by Gasteiger charge is -2.34. The zero-order valence-corrected chi connectivity index (χ0v) is 20.1. The number of carbonyl (C=O) groups excluding carboxylic acids is 1. The molecule has 0 radical (unpaired) electrons. The van der Waals surface area contributed by atoms with Crippen molar-refractivity contribution in [3.05, 3.63) is 70.2 Å². The Morgan fingerprint density at radius 2 is 1.79 bits per heavy atom. The number of hydrogen-bond donors (Lipinski definition) is 2. The summed E-state index contributed by atoms with van der Waals surface area (Å²) in [6.07, 6.45) is 1.79. The number of amides is 1. The van der Waals surface area contributed by atoms with Crippen LogP contribution in [0.15, 0.2) is 47.8 Å². The average Bonchev–Trinajstić information content (AvgIpc) is 3.13. The maximum absolute atomic E-state index is 12.8. The standard InChI is InChI=1S/C25H31N7O2/c1-16(2)18-8-10-19(11-9-18)24(33)26-20-7-6-12-32(15-20)23-14-21(25(34)31(5)29-23)27-22-13-17(3)30(4)28-22/h8-11,13-14,20H,1,6-7,12,15H2,2-5H3,(H,26,33)(H,27,28). The van der Waals surface area contributed by atoms with Crippen LogP contribution in [0.25, 0.3) is 5.57 Å². The van der Waals surface area contributed by atoms with Crippen molar-refractivity contribution >= 4 is 28.8 Å². The highest BCUT2D eigenvalue weighted by Crippen LogP contribution is 2.21. The zero-order valence-electron chi connectivity index (χ0n) is 20.1. The van der Waals surface area contributed by atoms with E-state index >= 15 is 0 Å². The second-order valence-corrected chi connectivity index (χ2v) is 8.88. The minimum Gasteiger partial charge on any atom is -0.353 e. The van der Waals surface area contributed by atoms with Crippen molar-refractivity contribution < 1.29 is 4.79 Å². The number of rotatable bonds is 6. The molecular formula is C25H31N7O2. The van der Waals surface area contributed by atoms with Gasteiger partial charge in [-0.25, -0.2) is 4.68 Å². The number of allylic oxidation sites excluding steroid dienone is 1. The molecule has 1 fully saturated rings. The molecule has 1 aromatic carbocycles. The lowest BCUT2D eigenvalue weighted by Crippen LogP contribution is -2.48. The fraction of sp³-hybridized carbons (Fsp3) is 0.360. The molecule has 1 amide bonds. The normalized spacial score (nSPS) is 15.8. The molecule has 0 spiro atoms. The Morgan fingerprint density at radius 3 is 2.44 bits per heavy atom. The van der Waals surface area contributed by atoms with Gasteiger partial charge in [0.05, 0.1) is 0 Å². The van der Waals surface area contributed by atoms with E-state index in [1.54, 1.807) is 17.8 Å². The molecule has 0 saturated carbocycles. The largest absolute Gasteiger partial charge is 0.353 e. The molecule has 2 N–H and O–H groups in total. The third-order valence-electron chi connectivity index (χ3n) is 6.15. The molecular weight excluding hydrogens is 430 g/mol. The van der Waals surface area contributed by atoms with Crippen molar-refractivity contribution in [2.75, 3.05) is 23.3 Å². The molecule has 34 heavy (non-hydrogen) atoms. The molecule has 9 heteroatoms. The molecule has 0 bridgehead atoms. The van der Waals surface area contributed by atoms with Gasteiger partial charge in [-0.1, -0.05) is 24.3 Å². The van der Waals surface area contributed by atoms with Crippen LogP contribution in [0.2, 0.25) is 0 Å². The first-order chi connectivity index (χ1) is 16.2. The van der Waals surface area contributed by atoms with Gasteiger partial charge in [0.1, 0.15) is 5.69 Å². The number of aromatic nitrogens is 4. The monoisotopic (exact) mass is 461 g/mol. The smallest absolute Gasteiger partial charge is 0.290 e. The molecule has 1 aliphatic rings. The molecule has 1 saturated heterocycles. The minimum atomic E-state index is -0.230. The number of nitrogens with one attached hydrogen (secondary N) is 2. The zero-order chi connectivity index (χ0) is 24.4. The Balaban J connectivity index is 1.48. The number of piperidine rings is 1. The number of nitrogens with zero attached hydrogens (tertiary/aromatic N) is 5. The SMILES string of the molecule is C=C(C)c1ccc(C(=O)NC2CCCN(c3cc(Nc4cc(C)n(C)n4)c(=O)n(C)n3)C2)cc1. The molecule has 178 valence electrons. The van der Waals surface area contributed by atoms with Gasteiger partial charge in [-0.3, -0.25) is 14.3 Å². The highest BCUT2D eigenvalue weighted by atomic mass is 16.2. The van der Waals surface area contributed by atoms with E-state index in [0.717, 1.165) is 36.2 Å². The van der Waals surface area contributed by atoms with Gasteiger partial charge in [-0.05, 0) is 44.4 Å². The second kappa shape index (κ2) is 9.54. The van der Waals surface area contributed by atoms with Crippen LogP contribution in [0, 0.1) is 6.92 Å². The van der Waals surface area contributed by atoms with Crippen LogP contribution in [0.5, 0.6) is 0 Å². The van der Waals surface area contributed by atoms with E-state index in [1.165, 1.54) is 4.68 Å². The van der Waals surface area contributed by atoms with E-state index in [1.807, 2.05) is 51.2 Å². The van der Waals surface area contributed by atoms with Crippen molar-refractivity contribution in [2.24, 2.45) is 14.1 Å². The molecule has 1 atom stereocenters. The van der Waals surface area contributed by atoms with Crippen LogP contribution in [0.3, 0.4) is 0 Å². The number of aryl methyl sites for hydroxylation is 3. The van der Waals surface area contributed by atoms with Crippen LogP contribution in [-0.4, -0.2) is 44.6 Å². The van der Waals surface area contributed by atoms with Gasteiger partial charge < -0.3 is 15.5 Å². The summed E-state index contributed by atoms with van der Waals surface area (Å²) in [4.78, 5) is 27.5. The summed E-state index contributed by atoms with van der Waals surface area (Å²) in [5, 5.41) is 15.1. The van der Waals surface area contributed by atoms with Crippen molar-refractivity contribution in [2.45, 2.75) is 32.7 Å². The van der Waals surface area contributed by atoms with E-state index in [9.17, 15) is 9.59 Å². The number of benzene rings is 1. The quantitative estimate of drug-likeness (QED) is 0.586. The Labute approximate surface area is 199 Å². The molecule has 3 aromatic rings. The van der Waals surface area contributed by atoms with Crippen LogP contribution in [0.1, 0.15) is 41.4 Å². The summed E-state index contributed by atoms with van der Waals surface area (Å²) >= 11 is 0. The first-order valence-electron chi connectivity index (χ1n) is 11.4. The highest BCUT2D eigenvalue weighted by molar-refractivity contribution is 5.94. The summed E-state index contributed by atoms with van der Waals surface area (Å²) in [6, 6.07) is 11.1. The maximum Gasteiger partial charge on any atom is 0.290 e. The first-order valence-corrected chi connectivity index (χ1v) is 11.4.